The topological polar surface area (TPSA) is 100 Å². The van der Waals surface area contributed by atoms with E-state index in [0.717, 1.165) is 0 Å². The maximum Gasteiger partial charge on any atom is 0.258 e. The van der Waals surface area contributed by atoms with Crippen LogP contribution in [-0.2, 0) is 17.7 Å². The number of aromatic nitrogens is 1. The van der Waals surface area contributed by atoms with Crippen molar-refractivity contribution in [2.24, 2.45) is 0 Å². The maximum absolute atomic E-state index is 13.7. The molecule has 0 spiro atoms. The van der Waals surface area contributed by atoms with Crippen molar-refractivity contribution in [1.29, 1.82) is 0 Å². The second kappa shape index (κ2) is 10.6. The highest BCUT2D eigenvalue weighted by molar-refractivity contribution is 7.39. The predicted molar refractivity (Wildman–Crippen MR) is 141 cm³/mol. The van der Waals surface area contributed by atoms with E-state index in [4.69, 9.17) is 4.52 Å². The van der Waals surface area contributed by atoms with E-state index in [-0.39, 0.29) is 59.9 Å². The number of pyridine rings is 1. The van der Waals surface area contributed by atoms with Gasteiger partial charge >= 0.3 is 0 Å². The molecule has 1 aromatic heterocycles. The molecule has 4 aromatic rings. The minimum atomic E-state index is -2.45. The Morgan fingerprint density at radius 3 is 2.61 bits per heavy atom. The van der Waals surface area contributed by atoms with Crippen molar-refractivity contribution in [2.75, 3.05) is 19.8 Å². The van der Waals surface area contributed by atoms with Gasteiger partial charge in [0.15, 0.2) is 5.75 Å². The molecule has 1 unspecified atom stereocenters. The predicted octanol–water partition coefficient (Wildman–Crippen LogP) is 4.86. The lowest BCUT2D eigenvalue weighted by atomic mass is 9.95. The molecule has 1 atom stereocenters. The number of nitrogens with zero attached hydrogens (tertiary/aromatic N) is 3. The van der Waals surface area contributed by atoms with Crippen LogP contribution in [0.25, 0.3) is 10.9 Å². The fourth-order valence-corrected chi connectivity index (χ4v) is 5.58. The minimum absolute atomic E-state index is 0.0380. The zero-order valence-electron chi connectivity index (χ0n) is 20.6. The zero-order valence-corrected chi connectivity index (χ0v) is 21.6. The van der Waals surface area contributed by atoms with Crippen LogP contribution in [0.1, 0.15) is 31.8 Å². The molecule has 10 heteroatoms. The van der Waals surface area contributed by atoms with Crippen LogP contribution in [0.2, 0.25) is 0 Å². The number of carbonyl (C=O) groups excluding carboxylic acids is 2. The van der Waals surface area contributed by atoms with Gasteiger partial charge in [-0.1, -0.05) is 36.4 Å². The Hall–Kier alpha value is -4.23. The van der Waals surface area contributed by atoms with Crippen LogP contribution in [0.15, 0.2) is 72.9 Å². The average molecular weight is 533 g/mol. The lowest BCUT2D eigenvalue weighted by Gasteiger charge is -2.20. The van der Waals surface area contributed by atoms with Crippen molar-refractivity contribution in [3.05, 3.63) is 101 Å². The molecule has 0 saturated carbocycles. The molecule has 3 aromatic carbocycles. The van der Waals surface area contributed by atoms with Crippen molar-refractivity contribution < 1.29 is 28.2 Å². The molecule has 0 aliphatic carbocycles. The summed E-state index contributed by atoms with van der Waals surface area (Å²) in [6.45, 7) is 0.431. The first-order valence-electron chi connectivity index (χ1n) is 12.0. The number of fused-ring (bicyclic) bond motifs is 2. The van der Waals surface area contributed by atoms with Gasteiger partial charge in [0.1, 0.15) is 17.1 Å². The number of hydrogen-bond donors (Lipinski definition) is 1. The Bertz CT molecular complexity index is 1550. The van der Waals surface area contributed by atoms with Crippen molar-refractivity contribution >= 4 is 30.7 Å². The van der Waals surface area contributed by atoms with E-state index in [1.54, 1.807) is 55.6 Å². The van der Waals surface area contributed by atoms with Gasteiger partial charge in [-0.25, -0.2) is 4.39 Å². The summed E-state index contributed by atoms with van der Waals surface area (Å²) in [7, 11) is -0.859. The molecule has 194 valence electrons. The molecule has 0 radical (unpaired) electrons. The number of carbonyl (C=O) groups is 2. The normalized spacial score (nSPS) is 13.4. The summed E-state index contributed by atoms with van der Waals surface area (Å²) in [5.74, 6) is -0.980. The molecule has 38 heavy (non-hydrogen) atoms. The van der Waals surface area contributed by atoms with Crippen LogP contribution in [-0.4, -0.2) is 51.5 Å². The van der Waals surface area contributed by atoms with Crippen LogP contribution in [0.5, 0.6) is 11.5 Å². The molecule has 0 fully saturated rings. The van der Waals surface area contributed by atoms with Crippen molar-refractivity contribution in [3.63, 3.8) is 0 Å². The number of benzene rings is 3. The zero-order chi connectivity index (χ0) is 26.8. The summed E-state index contributed by atoms with van der Waals surface area (Å²) in [5.41, 5.74) is 1.57. The second-order valence-electron chi connectivity index (χ2n) is 9.03. The van der Waals surface area contributed by atoms with Gasteiger partial charge in [-0.2, -0.15) is 0 Å². The first-order valence-corrected chi connectivity index (χ1v) is 13.5. The molecule has 1 N–H and O–H groups in total. The SMILES string of the molecule is CN(CC[PH](=O)Oc1ccccc1)C(=O)c1c2c(c(O)c3ncccc13)C(=O)N(Cc1ccc(F)cc1)C2. The number of rotatable bonds is 8. The molecule has 8 nitrogen and oxygen atoms in total. The molecule has 0 bridgehead atoms. The smallest absolute Gasteiger partial charge is 0.258 e. The van der Waals surface area contributed by atoms with Gasteiger partial charge in [0.25, 0.3) is 11.8 Å². The monoisotopic (exact) mass is 533 g/mol. The van der Waals surface area contributed by atoms with E-state index in [0.29, 0.717) is 22.3 Å². The third-order valence-electron chi connectivity index (χ3n) is 6.47. The number of para-hydroxylation sites is 1. The van der Waals surface area contributed by atoms with Crippen LogP contribution in [0.3, 0.4) is 0 Å². The molecule has 1 aliphatic heterocycles. The third-order valence-corrected chi connectivity index (χ3v) is 7.56. The Morgan fingerprint density at radius 1 is 1.13 bits per heavy atom. The van der Waals surface area contributed by atoms with Crippen molar-refractivity contribution in [1.82, 2.24) is 14.8 Å². The van der Waals surface area contributed by atoms with Gasteiger partial charge in [-0.3, -0.25) is 19.1 Å². The molecular weight excluding hydrogens is 508 g/mol. The molecule has 0 saturated heterocycles. The van der Waals surface area contributed by atoms with Crippen molar-refractivity contribution in [3.8, 4) is 11.5 Å². The molecule has 5 rings (SSSR count). The Labute approximate surface area is 219 Å². The van der Waals surface area contributed by atoms with Gasteiger partial charge in [-0.15, -0.1) is 0 Å². The number of aromatic hydroxyl groups is 1. The molecule has 2 heterocycles. The quantitative estimate of drug-likeness (QED) is 0.325. The Kier molecular flexibility index (Phi) is 7.11. The fraction of sp³-hybridized carbons (Fsp3) is 0.179. The highest BCUT2D eigenvalue weighted by Gasteiger charge is 2.37. The van der Waals surface area contributed by atoms with Gasteiger partial charge < -0.3 is 19.4 Å². The van der Waals surface area contributed by atoms with Gasteiger partial charge in [0.2, 0.25) is 8.03 Å². The van der Waals surface area contributed by atoms with Gasteiger partial charge in [0, 0.05) is 43.8 Å². The van der Waals surface area contributed by atoms with Crippen LogP contribution in [0.4, 0.5) is 4.39 Å². The summed E-state index contributed by atoms with van der Waals surface area (Å²) in [6.07, 6.45) is 1.63. The number of amides is 2. The third kappa shape index (κ3) is 4.97. The van der Waals surface area contributed by atoms with E-state index >= 15 is 0 Å². The maximum atomic E-state index is 13.7. The fourth-order valence-electron chi connectivity index (χ4n) is 4.56. The van der Waals surface area contributed by atoms with Crippen molar-refractivity contribution in [2.45, 2.75) is 13.1 Å². The Morgan fingerprint density at radius 2 is 1.87 bits per heavy atom. The van der Waals surface area contributed by atoms with Crippen LogP contribution >= 0.6 is 8.03 Å². The van der Waals surface area contributed by atoms with Gasteiger partial charge in [0.05, 0.1) is 17.3 Å². The highest BCUT2D eigenvalue weighted by atomic mass is 31.1. The van der Waals surface area contributed by atoms with E-state index in [1.165, 1.54) is 28.1 Å². The summed E-state index contributed by atoms with van der Waals surface area (Å²) in [5, 5.41) is 11.4. The standard InChI is InChI=1S/C28H25FN3O5P/c1-31(14-15-38(36)37-20-6-3-2-4-7-20)27(34)23-21-8-5-13-30-25(21)26(33)24-22(23)17-32(28(24)35)16-18-9-11-19(29)12-10-18/h2-13,33,38H,14-17H2,1H3. The lowest BCUT2D eigenvalue weighted by molar-refractivity contribution is 0.0759. The van der Waals surface area contributed by atoms with Crippen LogP contribution in [0, 0.1) is 5.82 Å². The summed E-state index contributed by atoms with van der Waals surface area (Å²) in [4.78, 5) is 34.2. The second-order valence-corrected chi connectivity index (χ2v) is 10.5. The van der Waals surface area contributed by atoms with E-state index in [1.807, 2.05) is 6.07 Å². The molecule has 2 amide bonds. The summed E-state index contributed by atoms with van der Waals surface area (Å²) < 4.78 is 31.4. The van der Waals surface area contributed by atoms with E-state index in [2.05, 4.69) is 4.98 Å². The summed E-state index contributed by atoms with van der Waals surface area (Å²) in [6, 6.07) is 18.0. The number of hydrogen-bond acceptors (Lipinski definition) is 6. The average Bonchev–Trinajstić information content (AvgIpc) is 3.24. The summed E-state index contributed by atoms with van der Waals surface area (Å²) >= 11 is 0. The van der Waals surface area contributed by atoms with E-state index in [9.17, 15) is 23.7 Å². The molecular formula is C28H25FN3O5P. The molecule has 1 aliphatic rings. The lowest BCUT2D eigenvalue weighted by Crippen LogP contribution is -2.30. The van der Waals surface area contributed by atoms with Crippen LogP contribution < -0.4 is 4.52 Å². The first-order chi connectivity index (χ1) is 18.3. The van der Waals surface area contributed by atoms with Gasteiger partial charge in [-0.05, 0) is 35.9 Å². The number of halogens is 1. The number of phenolic OH excluding ortho intramolecular Hbond substituents is 1. The first kappa shape index (κ1) is 25.4. The number of phenols is 1. The van der Waals surface area contributed by atoms with E-state index < -0.39 is 13.9 Å². The highest BCUT2D eigenvalue weighted by Crippen LogP contribution is 2.40. The Balaban J connectivity index is 1.42. The largest absolute Gasteiger partial charge is 0.505 e. The minimum Gasteiger partial charge on any atom is -0.505 e.